The molecule has 2 heterocycles. The van der Waals surface area contributed by atoms with Crippen LogP contribution >= 0.6 is 15.9 Å². The zero-order valence-electron chi connectivity index (χ0n) is 10.6. The number of ether oxygens (including phenoxy) is 1. The van der Waals surface area contributed by atoms with Crippen LogP contribution < -0.4 is 4.74 Å². The fraction of sp³-hybridized carbons (Fsp3) is 0.143. The zero-order valence-corrected chi connectivity index (χ0v) is 12.2. The molecule has 19 heavy (non-hydrogen) atoms. The van der Waals surface area contributed by atoms with Crippen LogP contribution in [0.5, 0.6) is 5.75 Å². The van der Waals surface area contributed by atoms with Crippen LogP contribution in [0, 0.1) is 0 Å². The molecule has 0 aliphatic heterocycles. The number of aromatic nitrogens is 3. The SMILES string of the molecule is COc1ccccc1-c1ncnc2c1c(Br)cn2C. The van der Waals surface area contributed by atoms with Gasteiger partial charge in [0.15, 0.2) is 0 Å². The second kappa shape index (κ2) is 4.66. The van der Waals surface area contributed by atoms with Gasteiger partial charge in [-0.2, -0.15) is 0 Å². The Bertz CT molecular complexity index is 752. The fourth-order valence-corrected chi connectivity index (χ4v) is 2.88. The zero-order chi connectivity index (χ0) is 13.4. The van der Waals surface area contributed by atoms with Crippen LogP contribution in [-0.2, 0) is 7.05 Å². The Morgan fingerprint density at radius 1 is 1.21 bits per heavy atom. The van der Waals surface area contributed by atoms with E-state index in [1.54, 1.807) is 13.4 Å². The number of aryl methyl sites for hydroxylation is 1. The number of hydrogen-bond acceptors (Lipinski definition) is 3. The van der Waals surface area contributed by atoms with Crippen LogP contribution in [0.4, 0.5) is 0 Å². The van der Waals surface area contributed by atoms with Crippen LogP contribution in [0.3, 0.4) is 0 Å². The molecule has 5 heteroatoms. The number of para-hydroxylation sites is 1. The van der Waals surface area contributed by atoms with E-state index in [0.29, 0.717) is 0 Å². The molecule has 0 radical (unpaired) electrons. The van der Waals surface area contributed by atoms with Crippen molar-refractivity contribution in [2.24, 2.45) is 7.05 Å². The first-order chi connectivity index (χ1) is 9.22. The molecule has 0 amide bonds. The van der Waals surface area contributed by atoms with Crippen LogP contribution in [0.1, 0.15) is 0 Å². The van der Waals surface area contributed by atoms with Gasteiger partial charge in [-0.3, -0.25) is 0 Å². The Labute approximate surface area is 119 Å². The van der Waals surface area contributed by atoms with Crippen LogP contribution in [0.15, 0.2) is 41.3 Å². The number of benzene rings is 1. The summed E-state index contributed by atoms with van der Waals surface area (Å²) in [5, 5.41) is 0.995. The Balaban J connectivity index is 2.37. The summed E-state index contributed by atoms with van der Waals surface area (Å²) in [6.45, 7) is 0. The first-order valence-corrected chi connectivity index (χ1v) is 6.60. The molecule has 0 bridgehead atoms. The van der Waals surface area contributed by atoms with Crippen molar-refractivity contribution in [2.75, 3.05) is 7.11 Å². The predicted molar refractivity (Wildman–Crippen MR) is 78.2 cm³/mol. The van der Waals surface area contributed by atoms with Crippen LogP contribution in [0.2, 0.25) is 0 Å². The standard InChI is InChI=1S/C14H12BrN3O/c1-18-7-10(15)12-13(16-8-17-14(12)18)9-5-3-4-6-11(9)19-2/h3-8H,1-2H3. The molecule has 0 atom stereocenters. The maximum atomic E-state index is 5.41. The molecule has 3 aromatic rings. The van der Waals surface area contributed by atoms with Crippen molar-refractivity contribution in [3.8, 4) is 17.0 Å². The maximum absolute atomic E-state index is 5.41. The Kier molecular flexibility index (Phi) is 2.98. The minimum atomic E-state index is 0.804. The van der Waals surface area contributed by atoms with Gasteiger partial charge in [0.05, 0.1) is 18.2 Å². The van der Waals surface area contributed by atoms with Gasteiger partial charge in [-0.25, -0.2) is 9.97 Å². The van der Waals surface area contributed by atoms with E-state index < -0.39 is 0 Å². The molecular formula is C14H12BrN3O. The maximum Gasteiger partial charge on any atom is 0.144 e. The average Bonchev–Trinajstić information content (AvgIpc) is 2.74. The summed E-state index contributed by atoms with van der Waals surface area (Å²) in [6, 6.07) is 7.85. The topological polar surface area (TPSA) is 39.9 Å². The summed E-state index contributed by atoms with van der Waals surface area (Å²) < 4.78 is 8.36. The first-order valence-electron chi connectivity index (χ1n) is 5.81. The van der Waals surface area contributed by atoms with E-state index in [4.69, 9.17) is 4.74 Å². The van der Waals surface area contributed by atoms with Gasteiger partial charge in [0.1, 0.15) is 17.7 Å². The minimum absolute atomic E-state index is 0.804. The van der Waals surface area contributed by atoms with Crippen LogP contribution in [-0.4, -0.2) is 21.6 Å². The molecule has 0 spiro atoms. The minimum Gasteiger partial charge on any atom is -0.496 e. The molecule has 0 aliphatic carbocycles. The second-order valence-corrected chi connectivity index (χ2v) is 5.06. The Hall–Kier alpha value is -1.88. The van der Waals surface area contributed by atoms with Crippen molar-refractivity contribution < 1.29 is 4.74 Å². The van der Waals surface area contributed by atoms with E-state index in [2.05, 4.69) is 25.9 Å². The molecule has 0 saturated carbocycles. The van der Waals surface area contributed by atoms with Gasteiger partial charge in [0, 0.05) is 23.3 Å². The van der Waals surface area contributed by atoms with Gasteiger partial charge in [0.2, 0.25) is 0 Å². The smallest absolute Gasteiger partial charge is 0.144 e. The van der Waals surface area contributed by atoms with Gasteiger partial charge in [-0.1, -0.05) is 12.1 Å². The van der Waals surface area contributed by atoms with Crippen molar-refractivity contribution in [2.45, 2.75) is 0 Å². The van der Waals surface area contributed by atoms with E-state index in [-0.39, 0.29) is 0 Å². The monoisotopic (exact) mass is 317 g/mol. The number of methoxy groups -OCH3 is 1. The molecule has 0 unspecified atom stereocenters. The number of fused-ring (bicyclic) bond motifs is 1. The van der Waals surface area contributed by atoms with Gasteiger partial charge >= 0.3 is 0 Å². The second-order valence-electron chi connectivity index (χ2n) is 4.21. The molecule has 1 aromatic carbocycles. The highest BCUT2D eigenvalue weighted by Crippen LogP contribution is 2.36. The number of hydrogen-bond donors (Lipinski definition) is 0. The lowest BCUT2D eigenvalue weighted by molar-refractivity contribution is 0.416. The third kappa shape index (κ3) is 1.90. The van der Waals surface area contributed by atoms with Crippen LogP contribution in [0.25, 0.3) is 22.3 Å². The normalized spacial score (nSPS) is 10.9. The van der Waals surface area contributed by atoms with E-state index in [1.165, 1.54) is 0 Å². The molecule has 4 nitrogen and oxygen atoms in total. The molecule has 0 N–H and O–H groups in total. The van der Waals surface area contributed by atoms with Gasteiger partial charge in [0.25, 0.3) is 0 Å². The van der Waals surface area contributed by atoms with Gasteiger partial charge < -0.3 is 9.30 Å². The van der Waals surface area contributed by atoms with E-state index in [0.717, 1.165) is 32.5 Å². The molecule has 3 rings (SSSR count). The predicted octanol–water partition coefficient (Wildman–Crippen LogP) is 3.41. The molecule has 0 aliphatic rings. The summed E-state index contributed by atoms with van der Waals surface area (Å²) >= 11 is 3.57. The van der Waals surface area contributed by atoms with Crippen molar-refractivity contribution in [1.82, 2.24) is 14.5 Å². The largest absolute Gasteiger partial charge is 0.496 e. The highest BCUT2D eigenvalue weighted by molar-refractivity contribution is 9.10. The molecule has 0 fully saturated rings. The molecule has 2 aromatic heterocycles. The summed E-state index contributed by atoms with van der Waals surface area (Å²) in [4.78, 5) is 8.75. The van der Waals surface area contributed by atoms with Crippen molar-refractivity contribution in [1.29, 1.82) is 0 Å². The lowest BCUT2D eigenvalue weighted by Crippen LogP contribution is -1.93. The fourth-order valence-electron chi connectivity index (χ4n) is 2.20. The highest BCUT2D eigenvalue weighted by atomic mass is 79.9. The molecular weight excluding hydrogens is 306 g/mol. The van der Waals surface area contributed by atoms with E-state index in [9.17, 15) is 0 Å². The average molecular weight is 318 g/mol. The van der Waals surface area contributed by atoms with Crippen molar-refractivity contribution in [3.63, 3.8) is 0 Å². The number of rotatable bonds is 2. The Morgan fingerprint density at radius 3 is 2.79 bits per heavy atom. The van der Waals surface area contributed by atoms with Crippen molar-refractivity contribution in [3.05, 3.63) is 41.3 Å². The lowest BCUT2D eigenvalue weighted by atomic mass is 10.1. The van der Waals surface area contributed by atoms with Gasteiger partial charge in [-0.15, -0.1) is 0 Å². The highest BCUT2D eigenvalue weighted by Gasteiger charge is 2.15. The van der Waals surface area contributed by atoms with Gasteiger partial charge in [-0.05, 0) is 28.1 Å². The van der Waals surface area contributed by atoms with Crippen molar-refractivity contribution >= 4 is 27.0 Å². The summed E-state index contributed by atoms with van der Waals surface area (Å²) in [6.07, 6.45) is 3.56. The first kappa shape index (κ1) is 12.2. The summed E-state index contributed by atoms with van der Waals surface area (Å²) in [5.74, 6) is 0.804. The summed E-state index contributed by atoms with van der Waals surface area (Å²) in [5.41, 5.74) is 2.72. The number of halogens is 1. The quantitative estimate of drug-likeness (QED) is 0.727. The molecule has 96 valence electrons. The third-order valence-electron chi connectivity index (χ3n) is 3.07. The number of nitrogens with zero attached hydrogens (tertiary/aromatic N) is 3. The van der Waals surface area contributed by atoms with E-state index >= 15 is 0 Å². The Morgan fingerprint density at radius 2 is 2.00 bits per heavy atom. The lowest BCUT2D eigenvalue weighted by Gasteiger charge is -2.08. The van der Waals surface area contributed by atoms with E-state index in [1.807, 2.05) is 42.1 Å². The molecule has 0 saturated heterocycles. The summed E-state index contributed by atoms with van der Waals surface area (Å²) in [7, 11) is 3.63. The third-order valence-corrected chi connectivity index (χ3v) is 3.67.